The molecule has 0 spiro atoms. The summed E-state index contributed by atoms with van der Waals surface area (Å²) in [4.78, 5) is 35.2. The number of carbonyl (C=O) groups is 1. The number of hydrogen-bond acceptors (Lipinski definition) is 8. The van der Waals surface area contributed by atoms with Gasteiger partial charge in [-0.05, 0) is 62.7 Å². The summed E-state index contributed by atoms with van der Waals surface area (Å²) in [5.41, 5.74) is 3.09. The van der Waals surface area contributed by atoms with Crippen LogP contribution in [0.2, 0.25) is 0 Å². The molecule has 5 rings (SSSR count). The van der Waals surface area contributed by atoms with Crippen LogP contribution in [0.15, 0.2) is 75.7 Å². The molecule has 0 N–H and O–H groups in total. The fraction of sp³-hybridized carbons (Fsp3) is 0.303. The Morgan fingerprint density at radius 2 is 1.76 bits per heavy atom. The molecule has 42 heavy (non-hydrogen) atoms. The summed E-state index contributed by atoms with van der Waals surface area (Å²) in [6.07, 6.45) is 1.83. The van der Waals surface area contributed by atoms with Crippen molar-refractivity contribution in [3.05, 3.63) is 96.7 Å². The minimum atomic E-state index is -0.796. The van der Waals surface area contributed by atoms with E-state index >= 15 is 0 Å². The molecule has 3 aromatic carbocycles. The van der Waals surface area contributed by atoms with E-state index in [0.717, 1.165) is 35.1 Å². The number of carbonyl (C=O) groups excluding carboxylic acids is 1. The van der Waals surface area contributed by atoms with Crippen molar-refractivity contribution in [2.24, 2.45) is 4.99 Å². The summed E-state index contributed by atoms with van der Waals surface area (Å²) in [6, 6.07) is 16.9. The molecule has 1 atom stereocenters. The number of aromatic nitrogens is 1. The third-order valence-corrected chi connectivity index (χ3v) is 8.56. The Balaban J connectivity index is 1.78. The van der Waals surface area contributed by atoms with Crippen molar-refractivity contribution in [1.29, 1.82) is 0 Å². The molecule has 1 unspecified atom stereocenters. The molecule has 0 fully saturated rings. The lowest BCUT2D eigenvalue weighted by Crippen LogP contribution is -2.40. The number of anilines is 1. The van der Waals surface area contributed by atoms with Crippen LogP contribution >= 0.6 is 11.3 Å². The molecule has 0 amide bonds. The van der Waals surface area contributed by atoms with Gasteiger partial charge in [0, 0.05) is 36.0 Å². The van der Waals surface area contributed by atoms with E-state index in [2.05, 4.69) is 18.7 Å². The summed E-state index contributed by atoms with van der Waals surface area (Å²) in [6.45, 7) is 9.70. The summed E-state index contributed by atoms with van der Waals surface area (Å²) in [5.74, 6) is 0.723. The number of nitrogens with zero attached hydrogens (tertiary/aromatic N) is 3. The first-order valence-corrected chi connectivity index (χ1v) is 14.9. The zero-order valence-electron chi connectivity index (χ0n) is 24.8. The monoisotopic (exact) mass is 585 g/mol. The van der Waals surface area contributed by atoms with Crippen molar-refractivity contribution in [2.45, 2.75) is 33.7 Å². The first-order valence-electron chi connectivity index (χ1n) is 14.0. The molecule has 0 saturated heterocycles. The Kier molecular flexibility index (Phi) is 8.49. The highest BCUT2D eigenvalue weighted by Gasteiger charge is 2.36. The Bertz CT molecular complexity index is 1870. The number of allylic oxidation sites excluding steroid dienone is 1. The van der Waals surface area contributed by atoms with E-state index in [0.29, 0.717) is 37.7 Å². The number of esters is 1. The predicted octanol–water partition coefficient (Wildman–Crippen LogP) is 4.81. The van der Waals surface area contributed by atoms with Crippen molar-refractivity contribution < 1.29 is 19.0 Å². The van der Waals surface area contributed by atoms with E-state index in [1.54, 1.807) is 32.6 Å². The third kappa shape index (κ3) is 5.09. The molecule has 0 bridgehead atoms. The lowest BCUT2D eigenvalue weighted by atomic mass is 9.90. The Morgan fingerprint density at radius 3 is 2.45 bits per heavy atom. The average molecular weight is 586 g/mol. The van der Waals surface area contributed by atoms with E-state index in [1.807, 2.05) is 60.7 Å². The van der Waals surface area contributed by atoms with E-state index in [-0.39, 0.29) is 12.2 Å². The fourth-order valence-electron chi connectivity index (χ4n) is 5.55. The van der Waals surface area contributed by atoms with Crippen LogP contribution in [-0.4, -0.2) is 44.5 Å². The maximum atomic E-state index is 14.3. The lowest BCUT2D eigenvalue weighted by Gasteiger charge is -2.27. The number of thiazole rings is 1. The number of rotatable bonds is 9. The second kappa shape index (κ2) is 12.2. The summed E-state index contributed by atoms with van der Waals surface area (Å²) in [7, 11) is 3.22. The molecule has 0 saturated carbocycles. The van der Waals surface area contributed by atoms with Crippen molar-refractivity contribution in [3.8, 4) is 11.5 Å². The number of methoxy groups -OCH3 is 2. The SMILES string of the molecule is CCOC(=O)C1=C(C)N=c2sc(=Cc3ccc(N(CC)CC)cc3OC)c(=O)n2C1c1c(OC)ccc2ccccc12. The zero-order chi connectivity index (χ0) is 30.0. The lowest BCUT2D eigenvalue weighted by molar-refractivity contribution is -0.139. The van der Waals surface area contributed by atoms with Crippen LogP contribution in [-0.2, 0) is 9.53 Å². The molecule has 2 heterocycles. The first kappa shape index (κ1) is 29.1. The van der Waals surface area contributed by atoms with Crippen LogP contribution in [0.1, 0.15) is 44.9 Å². The quantitative estimate of drug-likeness (QED) is 0.262. The highest BCUT2D eigenvalue weighted by molar-refractivity contribution is 7.07. The van der Waals surface area contributed by atoms with Gasteiger partial charge in [0.2, 0.25) is 0 Å². The van der Waals surface area contributed by atoms with Gasteiger partial charge in [-0.3, -0.25) is 9.36 Å². The molecular weight excluding hydrogens is 550 g/mol. The maximum Gasteiger partial charge on any atom is 0.338 e. The van der Waals surface area contributed by atoms with Crippen molar-refractivity contribution >= 4 is 39.8 Å². The smallest absolute Gasteiger partial charge is 0.338 e. The first-order chi connectivity index (χ1) is 20.4. The molecule has 4 aromatic rings. The standard InChI is InChI=1S/C33H35N3O5S/c1-7-35(8-2)23-16-14-22(26(19-23)40-6)18-27-31(37)36-30(28(32(38)41-9-3)20(4)34-33(36)42-27)29-24-13-11-10-12-21(24)15-17-25(29)39-5/h10-19,30H,7-9H2,1-6H3. The topological polar surface area (TPSA) is 82.4 Å². The van der Waals surface area contributed by atoms with Crippen LogP contribution in [0.5, 0.6) is 11.5 Å². The number of fused-ring (bicyclic) bond motifs is 2. The van der Waals surface area contributed by atoms with Gasteiger partial charge in [-0.15, -0.1) is 0 Å². The van der Waals surface area contributed by atoms with Crippen LogP contribution in [0, 0.1) is 0 Å². The van der Waals surface area contributed by atoms with Gasteiger partial charge in [0.05, 0.1) is 36.6 Å². The number of benzene rings is 3. The molecule has 1 aliphatic heterocycles. The Morgan fingerprint density at radius 1 is 1.02 bits per heavy atom. The molecule has 0 radical (unpaired) electrons. The second-order valence-corrected chi connectivity index (χ2v) is 10.8. The Hall–Kier alpha value is -4.37. The van der Waals surface area contributed by atoms with Gasteiger partial charge < -0.3 is 19.1 Å². The average Bonchev–Trinajstić information content (AvgIpc) is 3.30. The number of hydrogen-bond donors (Lipinski definition) is 0. The van der Waals surface area contributed by atoms with Gasteiger partial charge in [0.15, 0.2) is 4.80 Å². The highest BCUT2D eigenvalue weighted by Crippen LogP contribution is 2.40. The van der Waals surface area contributed by atoms with Gasteiger partial charge in [0.1, 0.15) is 17.5 Å². The van der Waals surface area contributed by atoms with Crippen molar-refractivity contribution in [1.82, 2.24) is 4.57 Å². The van der Waals surface area contributed by atoms with Gasteiger partial charge >= 0.3 is 5.97 Å². The second-order valence-electron chi connectivity index (χ2n) is 9.80. The van der Waals surface area contributed by atoms with Gasteiger partial charge in [-0.25, -0.2) is 9.79 Å². The van der Waals surface area contributed by atoms with Crippen molar-refractivity contribution in [2.75, 3.05) is 38.8 Å². The van der Waals surface area contributed by atoms with E-state index in [4.69, 9.17) is 19.2 Å². The minimum absolute atomic E-state index is 0.197. The van der Waals surface area contributed by atoms with Crippen molar-refractivity contribution in [3.63, 3.8) is 0 Å². The number of ether oxygens (including phenoxy) is 3. The normalized spacial score (nSPS) is 14.9. The molecular formula is C33H35N3O5S. The zero-order valence-corrected chi connectivity index (χ0v) is 25.6. The largest absolute Gasteiger partial charge is 0.496 e. The van der Waals surface area contributed by atoms with E-state index in [1.165, 1.54) is 11.3 Å². The van der Waals surface area contributed by atoms with Gasteiger partial charge in [-0.2, -0.15) is 0 Å². The predicted molar refractivity (Wildman–Crippen MR) is 167 cm³/mol. The fourth-order valence-corrected chi connectivity index (χ4v) is 6.58. The van der Waals surface area contributed by atoms with Gasteiger partial charge in [-0.1, -0.05) is 41.7 Å². The molecule has 8 nitrogen and oxygen atoms in total. The third-order valence-electron chi connectivity index (χ3n) is 7.57. The van der Waals surface area contributed by atoms with E-state index in [9.17, 15) is 9.59 Å². The summed E-state index contributed by atoms with van der Waals surface area (Å²) >= 11 is 1.28. The minimum Gasteiger partial charge on any atom is -0.496 e. The van der Waals surface area contributed by atoms with Crippen LogP contribution < -0.4 is 29.3 Å². The highest BCUT2D eigenvalue weighted by atomic mass is 32.1. The van der Waals surface area contributed by atoms with E-state index < -0.39 is 12.0 Å². The van der Waals surface area contributed by atoms with Crippen LogP contribution in [0.4, 0.5) is 5.69 Å². The molecule has 1 aliphatic rings. The Labute approximate surface area is 248 Å². The summed E-state index contributed by atoms with van der Waals surface area (Å²) in [5, 5.41) is 1.84. The van der Waals surface area contributed by atoms with Gasteiger partial charge in [0.25, 0.3) is 5.56 Å². The molecule has 9 heteroatoms. The molecule has 1 aromatic heterocycles. The summed E-state index contributed by atoms with van der Waals surface area (Å²) < 4.78 is 19.1. The molecule has 218 valence electrons. The van der Waals surface area contributed by atoms with Crippen LogP contribution in [0.3, 0.4) is 0 Å². The van der Waals surface area contributed by atoms with Crippen LogP contribution in [0.25, 0.3) is 16.8 Å². The molecule has 0 aliphatic carbocycles. The maximum absolute atomic E-state index is 14.3.